The van der Waals surface area contributed by atoms with Crippen molar-refractivity contribution >= 4 is 25.5 Å². The number of unbranched alkanes of at least 4 members (excludes halogenated alkanes) is 8. The van der Waals surface area contributed by atoms with Crippen LogP contribution in [0.3, 0.4) is 0 Å². The smallest absolute Gasteiger partial charge is 0.462 e. The highest BCUT2D eigenvalue weighted by Crippen LogP contribution is 2.43. The molecule has 7 atom stereocenters. The van der Waals surface area contributed by atoms with Gasteiger partial charge in [0.25, 0.3) is 0 Å². The van der Waals surface area contributed by atoms with E-state index in [9.17, 15) is 39.2 Å². The molecule has 354 valence electrons. The first kappa shape index (κ1) is 57.0. The maximum atomic E-state index is 12.6. The third kappa shape index (κ3) is 30.9. The predicted octanol–water partition coefficient (Wildman–Crippen LogP) is 9.03. The zero-order valence-corrected chi connectivity index (χ0v) is 38.4. The Morgan fingerprint density at radius 3 is 1.94 bits per heavy atom. The van der Waals surface area contributed by atoms with Crippen molar-refractivity contribution in [3.8, 4) is 0 Å². The fourth-order valence-corrected chi connectivity index (χ4v) is 7.43. The molecule has 0 bridgehead atoms. The van der Waals surface area contributed by atoms with Gasteiger partial charge in [-0.2, -0.15) is 0 Å². The Labute approximate surface area is 371 Å². The summed E-state index contributed by atoms with van der Waals surface area (Å²) in [7, 11) is -4.70. The molecule has 0 heterocycles. The molecule has 1 aliphatic rings. The lowest BCUT2D eigenvalue weighted by atomic mass is 9.88. The van der Waals surface area contributed by atoms with Crippen molar-refractivity contribution in [3.63, 3.8) is 0 Å². The van der Waals surface area contributed by atoms with Gasteiger partial charge in [-0.3, -0.25) is 23.4 Å². The van der Waals surface area contributed by atoms with Gasteiger partial charge in [-0.15, -0.1) is 0 Å². The Morgan fingerprint density at radius 2 is 1.31 bits per heavy atom. The van der Waals surface area contributed by atoms with Gasteiger partial charge in [0.2, 0.25) is 0 Å². The van der Waals surface area contributed by atoms with Gasteiger partial charge in [-0.25, -0.2) is 4.57 Å². The summed E-state index contributed by atoms with van der Waals surface area (Å²) in [5.74, 6) is -1.82. The Kier molecular flexibility index (Phi) is 34.4. The number of carbonyl (C=O) groups is 3. The molecule has 62 heavy (non-hydrogen) atoms. The molecule has 1 saturated carbocycles. The number of rotatable bonds is 38. The first-order valence-electron chi connectivity index (χ1n) is 23.0. The van der Waals surface area contributed by atoms with Gasteiger partial charge < -0.3 is 34.8 Å². The van der Waals surface area contributed by atoms with Gasteiger partial charge >= 0.3 is 19.8 Å². The third-order valence-electron chi connectivity index (χ3n) is 10.3. The third-order valence-corrected chi connectivity index (χ3v) is 11.2. The lowest BCUT2D eigenvalue weighted by Crippen LogP contribution is -2.29. The zero-order chi connectivity index (χ0) is 45.7. The van der Waals surface area contributed by atoms with Crippen molar-refractivity contribution in [2.75, 3.05) is 26.4 Å². The number of carbonyl (C=O) groups excluding carboxylic acids is 3. The molecule has 13 nitrogen and oxygen atoms in total. The molecule has 1 unspecified atom stereocenters. The number of aliphatic hydroxyl groups excluding tert-OH is 4. The Morgan fingerprint density at radius 1 is 0.726 bits per heavy atom. The lowest BCUT2D eigenvalue weighted by molar-refractivity contribution is -0.161. The second-order valence-corrected chi connectivity index (χ2v) is 17.3. The highest BCUT2D eigenvalue weighted by molar-refractivity contribution is 7.47. The number of ether oxygens (including phenoxy) is 2. The molecule has 1 aliphatic carbocycles. The molecule has 1 fully saturated rings. The second kappa shape index (κ2) is 37.4. The van der Waals surface area contributed by atoms with Crippen molar-refractivity contribution in [1.29, 1.82) is 0 Å². The van der Waals surface area contributed by atoms with Crippen LogP contribution in [0.2, 0.25) is 0 Å². The Balaban J connectivity index is 2.48. The minimum Gasteiger partial charge on any atom is -0.462 e. The summed E-state index contributed by atoms with van der Waals surface area (Å²) in [6, 6.07) is 0. The second-order valence-electron chi connectivity index (χ2n) is 15.9. The normalized spacial score (nSPS) is 19.8. The highest BCUT2D eigenvalue weighted by atomic mass is 31.2. The van der Waals surface area contributed by atoms with Crippen molar-refractivity contribution in [2.45, 2.75) is 173 Å². The number of hydrogen-bond donors (Lipinski definition) is 5. The summed E-state index contributed by atoms with van der Waals surface area (Å²) in [4.78, 5) is 47.7. The molecule has 14 heteroatoms. The zero-order valence-electron chi connectivity index (χ0n) is 37.5. The molecule has 0 amide bonds. The highest BCUT2D eigenvalue weighted by Gasteiger charge is 2.39. The molecule has 0 aromatic carbocycles. The summed E-state index contributed by atoms with van der Waals surface area (Å²) in [5, 5.41) is 39.1. The molecule has 5 N–H and O–H groups in total. The van der Waals surface area contributed by atoms with Crippen LogP contribution in [-0.2, 0) is 37.5 Å². The Hall–Kier alpha value is -3.00. The number of ketones is 1. The average Bonchev–Trinajstić information content (AvgIpc) is 3.52. The van der Waals surface area contributed by atoms with Crippen LogP contribution >= 0.6 is 7.82 Å². The van der Waals surface area contributed by atoms with Gasteiger partial charge in [-0.1, -0.05) is 138 Å². The van der Waals surface area contributed by atoms with Crippen LogP contribution in [0.4, 0.5) is 0 Å². The largest absolute Gasteiger partial charge is 0.472 e. The van der Waals surface area contributed by atoms with Crippen molar-refractivity contribution in [3.05, 3.63) is 72.9 Å². The molecule has 0 aromatic heterocycles. The van der Waals surface area contributed by atoms with E-state index < -0.39 is 76.5 Å². The molecule has 0 radical (unpaired) electrons. The minimum absolute atomic E-state index is 0.00955. The molecular formula is C48H79O13P. The van der Waals surface area contributed by atoms with E-state index in [0.717, 1.165) is 57.8 Å². The first-order chi connectivity index (χ1) is 29.9. The molecule has 0 aliphatic heterocycles. The van der Waals surface area contributed by atoms with Crippen LogP contribution in [0.5, 0.6) is 0 Å². The maximum absolute atomic E-state index is 12.6. The van der Waals surface area contributed by atoms with E-state index in [0.29, 0.717) is 38.5 Å². The topological polar surface area (TPSA) is 206 Å². The summed E-state index contributed by atoms with van der Waals surface area (Å²) in [6.45, 7) is 1.88. The van der Waals surface area contributed by atoms with E-state index in [1.807, 2.05) is 18.2 Å². The minimum atomic E-state index is -4.70. The predicted molar refractivity (Wildman–Crippen MR) is 243 cm³/mol. The number of hydrogen-bond acceptors (Lipinski definition) is 12. The van der Waals surface area contributed by atoms with Crippen LogP contribution in [0, 0.1) is 11.8 Å². The molecular weight excluding hydrogens is 815 g/mol. The monoisotopic (exact) mass is 895 g/mol. The van der Waals surface area contributed by atoms with E-state index in [1.54, 1.807) is 12.2 Å². The number of esters is 2. The van der Waals surface area contributed by atoms with Crippen LogP contribution < -0.4 is 0 Å². The standard InChI is InChI=1S/C48H79O13P/c1-3-5-7-8-9-10-11-12-13-14-15-16-17-18-19-20-21-22-28-32-48(55)61-42(39-60-62(56,57)59-37-41(51)36-49)38-58-47(54)31-27-24-23-26-30-43-44(46(53)35-45(43)52)34-33-40(50)29-25-6-4-2/h9-10,12-13,15-16,18-19,21-22,33-34,40-45,49-52H,3-8,11,14,17,20,23-32,35-39H2,1-2H3,(H,56,57)/b10-9-,13-12-,16-15-,19-18-,22-21-,34-33+/t40-,41-,42+,43+,44+,45-/m0/s1. The number of allylic oxidation sites excluding steroid dienone is 11. The quantitative estimate of drug-likeness (QED) is 0.0170. The average molecular weight is 895 g/mol. The van der Waals surface area contributed by atoms with Gasteiger partial charge in [0.05, 0.1) is 32.0 Å². The molecule has 0 saturated heterocycles. The van der Waals surface area contributed by atoms with Crippen molar-refractivity contribution in [1.82, 2.24) is 0 Å². The fourth-order valence-electron chi connectivity index (χ4n) is 6.64. The maximum Gasteiger partial charge on any atom is 0.472 e. The first-order valence-corrected chi connectivity index (χ1v) is 24.5. The SMILES string of the molecule is CCCCC/C=C\C/C=C\C/C=C\C/C=C\C/C=C\CCC(=O)O[C@H](COC(=O)CCCCCC[C@H]1[C@@H](O)CC(=O)[C@@H]1/C=C/[C@@H](O)CCCCC)COP(=O)(O)OC[C@@H](O)CO. The van der Waals surface area contributed by atoms with Crippen LogP contribution in [-0.4, -0.2) is 93.9 Å². The molecule has 0 aromatic rings. The lowest BCUT2D eigenvalue weighted by Gasteiger charge is -2.20. The number of Topliss-reactive ketones (excluding diaryl/α,β-unsaturated/α-hetero) is 1. The van der Waals surface area contributed by atoms with Crippen molar-refractivity contribution in [2.24, 2.45) is 11.8 Å². The van der Waals surface area contributed by atoms with E-state index in [2.05, 4.69) is 60.9 Å². The molecule has 0 spiro atoms. The van der Waals surface area contributed by atoms with Crippen LogP contribution in [0.1, 0.15) is 149 Å². The molecule has 1 rings (SSSR count). The van der Waals surface area contributed by atoms with E-state index in [-0.39, 0.29) is 31.0 Å². The fraction of sp³-hybridized carbons (Fsp3) is 0.688. The van der Waals surface area contributed by atoms with Crippen LogP contribution in [0.25, 0.3) is 0 Å². The number of aliphatic hydroxyl groups is 4. The Bertz CT molecular complexity index is 1420. The van der Waals surface area contributed by atoms with Gasteiger partial charge in [-0.05, 0) is 70.1 Å². The van der Waals surface area contributed by atoms with Gasteiger partial charge in [0.15, 0.2) is 6.10 Å². The van der Waals surface area contributed by atoms with Crippen molar-refractivity contribution < 1.29 is 62.8 Å². The van der Waals surface area contributed by atoms with Gasteiger partial charge in [0, 0.05) is 25.2 Å². The van der Waals surface area contributed by atoms with Gasteiger partial charge in [0.1, 0.15) is 18.5 Å². The van der Waals surface area contributed by atoms with E-state index >= 15 is 0 Å². The number of phosphoric ester groups is 1. The van der Waals surface area contributed by atoms with Crippen LogP contribution in [0.15, 0.2) is 72.9 Å². The summed E-state index contributed by atoms with van der Waals surface area (Å²) >= 11 is 0. The summed E-state index contributed by atoms with van der Waals surface area (Å²) in [5.41, 5.74) is 0. The summed E-state index contributed by atoms with van der Waals surface area (Å²) in [6.07, 6.45) is 36.4. The van der Waals surface area contributed by atoms with E-state index in [4.69, 9.17) is 19.1 Å². The summed E-state index contributed by atoms with van der Waals surface area (Å²) < 4.78 is 32.6. The number of phosphoric acid groups is 1. The van der Waals surface area contributed by atoms with E-state index in [1.165, 1.54) is 19.3 Å².